The minimum Gasteiger partial charge on any atom is -0.467 e. The van der Waals surface area contributed by atoms with Gasteiger partial charge in [0.05, 0.1) is 7.11 Å². The SMILES string of the molecule is CCc1ccc(-c2nc(C(=O)OCC(=O)NC(Cc3ccccc3)C(=O)OC)cs2)cc1. The highest BCUT2D eigenvalue weighted by Gasteiger charge is 2.23. The topological polar surface area (TPSA) is 94.6 Å². The molecule has 0 aliphatic carbocycles. The van der Waals surface area contributed by atoms with Gasteiger partial charge in [-0.1, -0.05) is 61.5 Å². The number of amides is 1. The van der Waals surface area contributed by atoms with Gasteiger partial charge in [0, 0.05) is 17.4 Å². The van der Waals surface area contributed by atoms with Crippen molar-refractivity contribution in [1.29, 1.82) is 0 Å². The predicted molar refractivity (Wildman–Crippen MR) is 121 cm³/mol. The molecule has 1 amide bonds. The van der Waals surface area contributed by atoms with E-state index >= 15 is 0 Å². The maximum Gasteiger partial charge on any atom is 0.358 e. The number of nitrogens with one attached hydrogen (secondary N) is 1. The standard InChI is InChI=1S/C24H24N2O5S/c1-3-16-9-11-18(12-10-16)22-26-20(15-32-22)24(29)31-14-21(27)25-19(23(28)30-2)13-17-7-5-4-6-8-17/h4-12,15,19H,3,13-14H2,1-2H3,(H,25,27). The van der Waals surface area contributed by atoms with Gasteiger partial charge in [0.1, 0.15) is 11.0 Å². The van der Waals surface area contributed by atoms with Crippen molar-refractivity contribution in [3.63, 3.8) is 0 Å². The van der Waals surface area contributed by atoms with Gasteiger partial charge in [-0.05, 0) is 17.5 Å². The van der Waals surface area contributed by atoms with Crippen LogP contribution in [-0.4, -0.2) is 42.6 Å². The molecule has 2 aromatic carbocycles. The maximum absolute atomic E-state index is 12.3. The highest BCUT2D eigenvalue weighted by Crippen LogP contribution is 2.24. The van der Waals surface area contributed by atoms with Gasteiger partial charge < -0.3 is 14.8 Å². The lowest BCUT2D eigenvalue weighted by molar-refractivity contribution is -0.145. The molecular formula is C24H24N2O5S. The molecule has 1 heterocycles. The molecule has 3 aromatic rings. The zero-order valence-corrected chi connectivity index (χ0v) is 18.7. The Morgan fingerprint density at radius 3 is 2.41 bits per heavy atom. The smallest absolute Gasteiger partial charge is 0.358 e. The molecule has 0 saturated heterocycles. The molecule has 1 unspecified atom stereocenters. The third-order valence-electron chi connectivity index (χ3n) is 4.76. The van der Waals surface area contributed by atoms with Crippen molar-refractivity contribution in [2.24, 2.45) is 0 Å². The number of methoxy groups -OCH3 is 1. The van der Waals surface area contributed by atoms with Crippen LogP contribution >= 0.6 is 11.3 Å². The average molecular weight is 453 g/mol. The molecule has 0 aliphatic heterocycles. The normalized spacial score (nSPS) is 11.4. The average Bonchev–Trinajstić information content (AvgIpc) is 3.33. The van der Waals surface area contributed by atoms with Crippen molar-refractivity contribution in [3.8, 4) is 10.6 Å². The summed E-state index contributed by atoms with van der Waals surface area (Å²) in [6.45, 7) is 1.55. The molecule has 166 valence electrons. The first-order valence-electron chi connectivity index (χ1n) is 10.1. The van der Waals surface area contributed by atoms with Crippen LogP contribution in [0.1, 0.15) is 28.5 Å². The number of carbonyl (C=O) groups is 3. The fourth-order valence-electron chi connectivity index (χ4n) is 3.01. The minimum absolute atomic E-state index is 0.131. The number of aromatic nitrogens is 1. The van der Waals surface area contributed by atoms with E-state index in [-0.39, 0.29) is 12.1 Å². The number of ether oxygens (including phenoxy) is 2. The number of rotatable bonds is 9. The molecule has 8 heteroatoms. The van der Waals surface area contributed by atoms with Crippen LogP contribution in [0.15, 0.2) is 60.0 Å². The highest BCUT2D eigenvalue weighted by molar-refractivity contribution is 7.13. The van der Waals surface area contributed by atoms with Crippen LogP contribution in [0.5, 0.6) is 0 Å². The van der Waals surface area contributed by atoms with E-state index < -0.39 is 30.5 Å². The third kappa shape index (κ3) is 6.24. The first-order valence-corrected chi connectivity index (χ1v) is 11.0. The molecule has 1 aromatic heterocycles. The van der Waals surface area contributed by atoms with Crippen LogP contribution in [-0.2, 0) is 31.9 Å². The van der Waals surface area contributed by atoms with Crippen molar-refractivity contribution in [3.05, 3.63) is 76.8 Å². The number of carbonyl (C=O) groups excluding carboxylic acids is 3. The molecule has 0 bridgehead atoms. The van der Waals surface area contributed by atoms with Crippen LogP contribution < -0.4 is 5.32 Å². The van der Waals surface area contributed by atoms with E-state index in [1.165, 1.54) is 24.0 Å². The number of thiazole rings is 1. The molecule has 0 saturated carbocycles. The van der Waals surface area contributed by atoms with E-state index in [1.807, 2.05) is 54.6 Å². The summed E-state index contributed by atoms with van der Waals surface area (Å²) >= 11 is 1.32. The number of esters is 2. The van der Waals surface area contributed by atoms with Crippen LogP contribution in [0.25, 0.3) is 10.6 Å². The predicted octanol–water partition coefficient (Wildman–Crippen LogP) is 3.43. The van der Waals surface area contributed by atoms with Crippen molar-refractivity contribution < 1.29 is 23.9 Å². The summed E-state index contributed by atoms with van der Waals surface area (Å²) in [5, 5.41) is 4.84. The number of benzene rings is 2. The Morgan fingerprint density at radius 2 is 1.75 bits per heavy atom. The van der Waals surface area contributed by atoms with E-state index in [1.54, 1.807) is 5.38 Å². The highest BCUT2D eigenvalue weighted by atomic mass is 32.1. The molecule has 1 atom stereocenters. The zero-order chi connectivity index (χ0) is 22.9. The van der Waals surface area contributed by atoms with Gasteiger partial charge in [0.25, 0.3) is 5.91 Å². The largest absolute Gasteiger partial charge is 0.467 e. The summed E-state index contributed by atoms with van der Waals surface area (Å²) in [5.41, 5.74) is 3.12. The van der Waals surface area contributed by atoms with Crippen LogP contribution in [0.3, 0.4) is 0 Å². The summed E-state index contributed by atoms with van der Waals surface area (Å²) in [6, 6.07) is 16.3. The van der Waals surface area contributed by atoms with Gasteiger partial charge in [-0.25, -0.2) is 14.6 Å². The second-order valence-electron chi connectivity index (χ2n) is 7.00. The molecule has 0 fully saturated rings. The molecule has 0 radical (unpaired) electrons. The summed E-state index contributed by atoms with van der Waals surface area (Å²) in [7, 11) is 1.25. The minimum atomic E-state index is -0.884. The van der Waals surface area contributed by atoms with E-state index in [0.717, 1.165) is 17.5 Å². The number of hydrogen-bond donors (Lipinski definition) is 1. The number of hydrogen-bond acceptors (Lipinski definition) is 7. The molecule has 0 aliphatic rings. The first-order chi connectivity index (χ1) is 15.5. The summed E-state index contributed by atoms with van der Waals surface area (Å²) < 4.78 is 9.85. The van der Waals surface area contributed by atoms with Gasteiger partial charge in [-0.15, -0.1) is 11.3 Å². The summed E-state index contributed by atoms with van der Waals surface area (Å²) in [6.07, 6.45) is 1.21. The van der Waals surface area contributed by atoms with E-state index in [4.69, 9.17) is 9.47 Å². The Bertz CT molecular complexity index is 1060. The van der Waals surface area contributed by atoms with Crippen molar-refractivity contribution >= 4 is 29.2 Å². The summed E-state index contributed by atoms with van der Waals surface area (Å²) in [4.78, 5) is 40.9. The number of nitrogens with zero attached hydrogens (tertiary/aromatic N) is 1. The summed E-state index contributed by atoms with van der Waals surface area (Å²) in [5.74, 6) is -1.88. The fourth-order valence-corrected chi connectivity index (χ4v) is 3.80. The second-order valence-corrected chi connectivity index (χ2v) is 7.86. The quantitative estimate of drug-likeness (QED) is 0.500. The molecule has 0 spiro atoms. The molecule has 1 N–H and O–H groups in total. The molecular weight excluding hydrogens is 428 g/mol. The first kappa shape index (κ1) is 23.1. The van der Waals surface area contributed by atoms with E-state index in [2.05, 4.69) is 17.2 Å². The second kappa shape index (κ2) is 11.2. The van der Waals surface area contributed by atoms with Gasteiger partial charge in [0.2, 0.25) is 0 Å². The van der Waals surface area contributed by atoms with Crippen LogP contribution in [0.2, 0.25) is 0 Å². The lowest BCUT2D eigenvalue weighted by Gasteiger charge is -2.16. The van der Waals surface area contributed by atoms with Gasteiger partial charge in [-0.2, -0.15) is 0 Å². The fraction of sp³-hybridized carbons (Fsp3) is 0.250. The van der Waals surface area contributed by atoms with E-state index in [0.29, 0.717) is 5.01 Å². The van der Waals surface area contributed by atoms with Crippen molar-refractivity contribution in [2.75, 3.05) is 13.7 Å². The lowest BCUT2D eigenvalue weighted by Crippen LogP contribution is -2.44. The molecule has 3 rings (SSSR count). The van der Waals surface area contributed by atoms with Crippen LogP contribution in [0, 0.1) is 0 Å². The van der Waals surface area contributed by atoms with Gasteiger partial charge >= 0.3 is 11.9 Å². The Kier molecular flexibility index (Phi) is 8.10. The monoisotopic (exact) mass is 452 g/mol. The Balaban J connectivity index is 1.55. The lowest BCUT2D eigenvalue weighted by atomic mass is 10.1. The van der Waals surface area contributed by atoms with Crippen molar-refractivity contribution in [2.45, 2.75) is 25.8 Å². The zero-order valence-electron chi connectivity index (χ0n) is 17.9. The van der Waals surface area contributed by atoms with Gasteiger partial charge in [0.15, 0.2) is 12.3 Å². The Morgan fingerprint density at radius 1 is 1.03 bits per heavy atom. The van der Waals surface area contributed by atoms with Gasteiger partial charge in [-0.3, -0.25) is 4.79 Å². The maximum atomic E-state index is 12.3. The van der Waals surface area contributed by atoms with Crippen LogP contribution in [0.4, 0.5) is 0 Å². The van der Waals surface area contributed by atoms with Crippen molar-refractivity contribution in [1.82, 2.24) is 10.3 Å². The Labute approximate surface area is 190 Å². The molecule has 32 heavy (non-hydrogen) atoms. The third-order valence-corrected chi connectivity index (χ3v) is 5.65. The van der Waals surface area contributed by atoms with E-state index in [9.17, 15) is 14.4 Å². The Hall–Kier alpha value is -3.52. The number of aryl methyl sites for hydroxylation is 1. The molecule has 7 nitrogen and oxygen atoms in total.